The lowest BCUT2D eigenvalue weighted by Gasteiger charge is -2.15. The average Bonchev–Trinajstić information content (AvgIpc) is 3.07. The van der Waals surface area contributed by atoms with Gasteiger partial charge < -0.3 is 9.64 Å². The van der Waals surface area contributed by atoms with Crippen molar-refractivity contribution in [3.63, 3.8) is 0 Å². The van der Waals surface area contributed by atoms with E-state index in [0.717, 1.165) is 0 Å². The van der Waals surface area contributed by atoms with Crippen LogP contribution in [0.1, 0.15) is 16.9 Å². The molecule has 1 fully saturated rings. The number of nitrogens with zero attached hydrogens (tertiary/aromatic N) is 4. The Morgan fingerprint density at radius 2 is 2.29 bits per heavy atom. The standard InChI is InChI=1S/C14H15FN4O2/c1-18-7-6-11(17-18)14(20)19-8-5-10(9-19)21-13-4-2-3-12(15)16-13/h2-4,6-7,10H,5,8-9H2,1H3. The molecule has 0 spiro atoms. The number of hydrogen-bond acceptors (Lipinski definition) is 4. The van der Waals surface area contributed by atoms with E-state index in [-0.39, 0.29) is 17.9 Å². The normalized spacial score (nSPS) is 18.0. The van der Waals surface area contributed by atoms with E-state index in [9.17, 15) is 9.18 Å². The van der Waals surface area contributed by atoms with E-state index in [4.69, 9.17) is 4.74 Å². The summed E-state index contributed by atoms with van der Waals surface area (Å²) in [5.41, 5.74) is 0.419. The summed E-state index contributed by atoms with van der Waals surface area (Å²) in [6.07, 6.45) is 2.25. The van der Waals surface area contributed by atoms with Crippen molar-refractivity contribution in [1.82, 2.24) is 19.7 Å². The number of aromatic nitrogens is 3. The first-order valence-electron chi connectivity index (χ1n) is 6.70. The van der Waals surface area contributed by atoms with Gasteiger partial charge in [0.25, 0.3) is 5.91 Å². The number of carbonyl (C=O) groups excluding carboxylic acids is 1. The smallest absolute Gasteiger partial charge is 0.274 e. The SMILES string of the molecule is Cn1ccc(C(=O)N2CCC(Oc3cccc(F)n3)C2)n1. The van der Waals surface area contributed by atoms with E-state index in [1.165, 1.54) is 6.07 Å². The Morgan fingerprint density at radius 3 is 3.00 bits per heavy atom. The Kier molecular flexibility index (Phi) is 3.55. The minimum absolute atomic E-state index is 0.117. The maximum atomic E-state index is 13.0. The lowest BCUT2D eigenvalue weighted by atomic mass is 10.3. The van der Waals surface area contributed by atoms with Crippen LogP contribution in [0.3, 0.4) is 0 Å². The summed E-state index contributed by atoms with van der Waals surface area (Å²) in [6, 6.07) is 6.10. The number of pyridine rings is 1. The summed E-state index contributed by atoms with van der Waals surface area (Å²) in [5, 5.41) is 4.10. The lowest BCUT2D eigenvalue weighted by molar-refractivity contribution is 0.0764. The van der Waals surface area contributed by atoms with Crippen LogP contribution >= 0.6 is 0 Å². The predicted octanol–water partition coefficient (Wildman–Crippen LogP) is 1.25. The van der Waals surface area contributed by atoms with Crippen molar-refractivity contribution in [1.29, 1.82) is 0 Å². The van der Waals surface area contributed by atoms with Crippen molar-refractivity contribution in [2.75, 3.05) is 13.1 Å². The Labute approximate surface area is 121 Å². The first kappa shape index (κ1) is 13.5. The number of aryl methyl sites for hydroxylation is 1. The first-order valence-corrected chi connectivity index (χ1v) is 6.70. The fraction of sp³-hybridized carbons (Fsp3) is 0.357. The molecule has 0 radical (unpaired) electrons. The van der Waals surface area contributed by atoms with Crippen molar-refractivity contribution >= 4 is 5.91 Å². The molecule has 0 aromatic carbocycles. The second-order valence-corrected chi connectivity index (χ2v) is 4.95. The van der Waals surface area contributed by atoms with Gasteiger partial charge in [0.05, 0.1) is 6.54 Å². The molecule has 1 atom stereocenters. The topological polar surface area (TPSA) is 60.2 Å². The van der Waals surface area contributed by atoms with E-state index in [1.54, 1.807) is 41.0 Å². The van der Waals surface area contributed by atoms with E-state index in [1.807, 2.05) is 0 Å². The Bertz CT molecular complexity index is 658. The van der Waals surface area contributed by atoms with E-state index < -0.39 is 5.95 Å². The van der Waals surface area contributed by atoms with Gasteiger partial charge in [0.1, 0.15) is 11.8 Å². The molecule has 1 unspecified atom stereocenters. The molecule has 2 aromatic rings. The highest BCUT2D eigenvalue weighted by Crippen LogP contribution is 2.18. The minimum Gasteiger partial charge on any atom is -0.472 e. The molecule has 0 N–H and O–H groups in total. The van der Waals surface area contributed by atoms with Crippen LogP contribution in [0.15, 0.2) is 30.5 Å². The van der Waals surface area contributed by atoms with Gasteiger partial charge in [0.15, 0.2) is 0 Å². The lowest BCUT2D eigenvalue weighted by Crippen LogP contribution is -2.31. The Morgan fingerprint density at radius 1 is 1.43 bits per heavy atom. The molecule has 0 aliphatic carbocycles. The zero-order chi connectivity index (χ0) is 14.8. The number of likely N-dealkylation sites (tertiary alicyclic amines) is 1. The Hall–Kier alpha value is -2.44. The van der Waals surface area contributed by atoms with Crippen molar-refractivity contribution in [3.05, 3.63) is 42.1 Å². The predicted molar refractivity (Wildman–Crippen MR) is 72.3 cm³/mol. The van der Waals surface area contributed by atoms with Crippen LogP contribution in [-0.2, 0) is 7.05 Å². The highest BCUT2D eigenvalue weighted by atomic mass is 19.1. The largest absolute Gasteiger partial charge is 0.472 e. The summed E-state index contributed by atoms with van der Waals surface area (Å²) in [7, 11) is 1.77. The zero-order valence-corrected chi connectivity index (χ0v) is 11.6. The van der Waals surface area contributed by atoms with Crippen LogP contribution in [0, 0.1) is 5.95 Å². The van der Waals surface area contributed by atoms with E-state index in [2.05, 4.69) is 10.1 Å². The molecule has 0 bridgehead atoms. The maximum Gasteiger partial charge on any atom is 0.274 e. The quantitative estimate of drug-likeness (QED) is 0.798. The molecule has 1 amide bonds. The highest BCUT2D eigenvalue weighted by molar-refractivity contribution is 5.92. The van der Waals surface area contributed by atoms with Gasteiger partial charge in [-0.3, -0.25) is 9.48 Å². The molecule has 110 valence electrons. The molecule has 2 aromatic heterocycles. The van der Waals surface area contributed by atoms with Crippen molar-refractivity contribution < 1.29 is 13.9 Å². The van der Waals surface area contributed by atoms with Crippen LogP contribution in [0.5, 0.6) is 5.88 Å². The Balaban J connectivity index is 1.61. The van der Waals surface area contributed by atoms with Crippen molar-refractivity contribution in [2.45, 2.75) is 12.5 Å². The van der Waals surface area contributed by atoms with Crippen LogP contribution in [0.2, 0.25) is 0 Å². The van der Waals surface area contributed by atoms with Crippen LogP contribution in [0.25, 0.3) is 0 Å². The van der Waals surface area contributed by atoms with Gasteiger partial charge >= 0.3 is 0 Å². The summed E-state index contributed by atoms with van der Waals surface area (Å²) in [4.78, 5) is 17.6. The molecule has 0 saturated carbocycles. The number of ether oxygens (including phenoxy) is 1. The molecular weight excluding hydrogens is 275 g/mol. The second-order valence-electron chi connectivity index (χ2n) is 4.95. The van der Waals surface area contributed by atoms with E-state index >= 15 is 0 Å². The third-order valence-corrected chi connectivity index (χ3v) is 3.34. The number of halogens is 1. The molecule has 21 heavy (non-hydrogen) atoms. The van der Waals surface area contributed by atoms with Crippen molar-refractivity contribution in [3.8, 4) is 5.88 Å². The van der Waals surface area contributed by atoms with Crippen LogP contribution in [0.4, 0.5) is 4.39 Å². The molecular formula is C14H15FN4O2. The molecule has 1 saturated heterocycles. The zero-order valence-electron chi connectivity index (χ0n) is 11.6. The molecule has 1 aliphatic heterocycles. The summed E-state index contributed by atoms with van der Waals surface area (Å²) >= 11 is 0. The van der Waals surface area contributed by atoms with Gasteiger partial charge in [0.2, 0.25) is 11.8 Å². The van der Waals surface area contributed by atoms with Gasteiger partial charge in [-0.25, -0.2) is 0 Å². The molecule has 7 heteroatoms. The number of hydrogen-bond donors (Lipinski definition) is 0. The highest BCUT2D eigenvalue weighted by Gasteiger charge is 2.29. The fourth-order valence-electron chi connectivity index (χ4n) is 2.33. The second kappa shape index (κ2) is 5.51. The summed E-state index contributed by atoms with van der Waals surface area (Å²) in [6.45, 7) is 1.04. The van der Waals surface area contributed by atoms with Crippen molar-refractivity contribution in [2.24, 2.45) is 7.05 Å². The van der Waals surface area contributed by atoms with Gasteiger partial charge in [-0.15, -0.1) is 0 Å². The number of amides is 1. The number of carbonyl (C=O) groups is 1. The molecule has 1 aliphatic rings. The third-order valence-electron chi connectivity index (χ3n) is 3.34. The average molecular weight is 290 g/mol. The van der Waals surface area contributed by atoms with Crippen LogP contribution in [-0.4, -0.2) is 44.8 Å². The number of rotatable bonds is 3. The molecule has 3 heterocycles. The first-order chi connectivity index (χ1) is 10.1. The third kappa shape index (κ3) is 3.01. The molecule has 3 rings (SSSR count). The fourth-order valence-corrected chi connectivity index (χ4v) is 2.33. The monoisotopic (exact) mass is 290 g/mol. The van der Waals surface area contributed by atoms with Gasteiger partial charge in [-0.2, -0.15) is 14.5 Å². The van der Waals surface area contributed by atoms with Gasteiger partial charge in [-0.05, 0) is 12.1 Å². The van der Waals surface area contributed by atoms with Gasteiger partial charge in [-0.1, -0.05) is 6.07 Å². The molecule has 6 nitrogen and oxygen atoms in total. The summed E-state index contributed by atoms with van der Waals surface area (Å²) in [5.74, 6) is -0.451. The van der Waals surface area contributed by atoms with Gasteiger partial charge in [0, 0.05) is 32.3 Å². The summed E-state index contributed by atoms with van der Waals surface area (Å²) < 4.78 is 20.2. The van der Waals surface area contributed by atoms with E-state index in [0.29, 0.717) is 25.2 Å². The van der Waals surface area contributed by atoms with Crippen LogP contribution < -0.4 is 4.74 Å². The minimum atomic E-state index is -0.577. The maximum absolute atomic E-state index is 13.0.